The van der Waals surface area contributed by atoms with Crippen LogP contribution in [0.25, 0.3) is 0 Å². The normalized spacial score (nSPS) is 23.5. The number of halogens is 3. The Morgan fingerprint density at radius 1 is 1.47 bits per heavy atom. The Labute approximate surface area is 136 Å². The number of likely N-dealkylation sites (tertiary alicyclic amines) is 1. The molecule has 1 aromatic carbocycles. The second kappa shape index (κ2) is 6.16. The van der Waals surface area contributed by atoms with Crippen molar-refractivity contribution in [3.63, 3.8) is 0 Å². The summed E-state index contributed by atoms with van der Waals surface area (Å²) >= 11 is 14.1. The number of aliphatic hydroxyl groups excluding tert-OH is 1. The summed E-state index contributed by atoms with van der Waals surface area (Å²) in [5.41, 5.74) is 0.529. The standard InChI is InChI=1S/C13H14Cl2INO2/c1-7-6-17(3-2-11(7)18)13(19)9-4-8(14)5-10(15)12(9)16/h4-5,7,11,18H,2-3,6H2,1H3. The summed E-state index contributed by atoms with van der Waals surface area (Å²) < 4.78 is 0.715. The van der Waals surface area contributed by atoms with E-state index in [2.05, 4.69) is 22.6 Å². The van der Waals surface area contributed by atoms with E-state index in [9.17, 15) is 9.90 Å². The molecule has 2 atom stereocenters. The van der Waals surface area contributed by atoms with Gasteiger partial charge in [0.2, 0.25) is 0 Å². The van der Waals surface area contributed by atoms with Crippen LogP contribution >= 0.6 is 45.8 Å². The quantitative estimate of drug-likeness (QED) is 0.565. The Balaban J connectivity index is 2.25. The molecule has 104 valence electrons. The van der Waals surface area contributed by atoms with E-state index in [4.69, 9.17) is 23.2 Å². The summed E-state index contributed by atoms with van der Waals surface area (Å²) in [4.78, 5) is 14.3. The van der Waals surface area contributed by atoms with Gasteiger partial charge in [0.15, 0.2) is 0 Å². The largest absolute Gasteiger partial charge is 0.393 e. The van der Waals surface area contributed by atoms with E-state index in [0.29, 0.717) is 38.7 Å². The summed E-state index contributed by atoms with van der Waals surface area (Å²) in [6.07, 6.45) is 0.281. The number of carbonyl (C=O) groups is 1. The summed E-state index contributed by atoms with van der Waals surface area (Å²) in [5.74, 6) is 0.0116. The van der Waals surface area contributed by atoms with Crippen LogP contribution in [0.5, 0.6) is 0 Å². The first-order valence-corrected chi connectivity index (χ1v) is 7.85. The number of amides is 1. The number of hydrogen-bond donors (Lipinski definition) is 1. The van der Waals surface area contributed by atoms with Gasteiger partial charge in [-0.2, -0.15) is 0 Å². The van der Waals surface area contributed by atoms with E-state index in [0.717, 1.165) is 0 Å². The molecule has 0 spiro atoms. The van der Waals surface area contributed by atoms with Crippen molar-refractivity contribution in [1.82, 2.24) is 4.90 Å². The van der Waals surface area contributed by atoms with Gasteiger partial charge >= 0.3 is 0 Å². The van der Waals surface area contributed by atoms with Crippen molar-refractivity contribution in [3.05, 3.63) is 31.3 Å². The lowest BCUT2D eigenvalue weighted by molar-refractivity contribution is 0.0297. The molecule has 1 saturated heterocycles. The molecular weight excluding hydrogens is 400 g/mol. The minimum atomic E-state index is -0.328. The zero-order valence-electron chi connectivity index (χ0n) is 10.4. The van der Waals surface area contributed by atoms with E-state index >= 15 is 0 Å². The maximum absolute atomic E-state index is 12.5. The van der Waals surface area contributed by atoms with E-state index < -0.39 is 0 Å². The zero-order chi connectivity index (χ0) is 14.2. The minimum Gasteiger partial charge on any atom is -0.393 e. The van der Waals surface area contributed by atoms with Gasteiger partial charge in [-0.25, -0.2) is 0 Å². The lowest BCUT2D eigenvalue weighted by Gasteiger charge is -2.34. The number of rotatable bonds is 1. The Hall–Kier alpha value is -0.0400. The van der Waals surface area contributed by atoms with Crippen molar-refractivity contribution in [1.29, 1.82) is 0 Å². The van der Waals surface area contributed by atoms with E-state index in [1.807, 2.05) is 6.92 Å². The van der Waals surface area contributed by atoms with Crippen LogP contribution in [-0.2, 0) is 0 Å². The smallest absolute Gasteiger partial charge is 0.255 e. The number of aliphatic hydroxyl groups is 1. The minimum absolute atomic E-state index is 0.0763. The van der Waals surface area contributed by atoms with E-state index in [-0.39, 0.29) is 17.9 Å². The number of benzene rings is 1. The van der Waals surface area contributed by atoms with Gasteiger partial charge in [-0.3, -0.25) is 4.79 Å². The van der Waals surface area contributed by atoms with Crippen molar-refractivity contribution in [2.24, 2.45) is 5.92 Å². The molecule has 6 heteroatoms. The van der Waals surface area contributed by atoms with Crippen LogP contribution in [0.3, 0.4) is 0 Å². The van der Waals surface area contributed by atoms with Crippen molar-refractivity contribution in [2.75, 3.05) is 13.1 Å². The lowest BCUT2D eigenvalue weighted by atomic mass is 9.96. The number of piperidine rings is 1. The highest BCUT2D eigenvalue weighted by atomic mass is 127. The molecule has 1 aliphatic rings. The topological polar surface area (TPSA) is 40.5 Å². The van der Waals surface area contributed by atoms with Gasteiger partial charge < -0.3 is 10.0 Å². The van der Waals surface area contributed by atoms with Crippen molar-refractivity contribution in [3.8, 4) is 0 Å². The van der Waals surface area contributed by atoms with Gasteiger partial charge in [-0.1, -0.05) is 30.1 Å². The molecule has 1 amide bonds. The molecule has 1 aliphatic heterocycles. The van der Waals surface area contributed by atoms with Crippen LogP contribution in [-0.4, -0.2) is 35.1 Å². The number of hydrogen-bond acceptors (Lipinski definition) is 2. The van der Waals surface area contributed by atoms with Gasteiger partial charge in [-0.15, -0.1) is 0 Å². The third-order valence-corrected chi connectivity index (χ3v) is 5.37. The average Bonchev–Trinajstić information content (AvgIpc) is 2.36. The molecular formula is C13H14Cl2INO2. The first-order chi connectivity index (χ1) is 8.90. The van der Waals surface area contributed by atoms with Crippen LogP contribution < -0.4 is 0 Å². The monoisotopic (exact) mass is 413 g/mol. The molecule has 0 saturated carbocycles. The Kier molecular flexibility index (Phi) is 4.98. The van der Waals surface area contributed by atoms with Gasteiger partial charge in [0, 0.05) is 21.7 Å². The predicted molar refractivity (Wildman–Crippen MR) is 84.9 cm³/mol. The summed E-state index contributed by atoms with van der Waals surface area (Å²) in [7, 11) is 0. The van der Waals surface area contributed by atoms with Crippen LogP contribution in [0.1, 0.15) is 23.7 Å². The molecule has 1 fully saturated rings. The molecule has 1 heterocycles. The highest BCUT2D eigenvalue weighted by Gasteiger charge is 2.29. The maximum Gasteiger partial charge on any atom is 0.255 e. The first-order valence-electron chi connectivity index (χ1n) is 6.02. The fourth-order valence-electron chi connectivity index (χ4n) is 2.20. The molecule has 0 bridgehead atoms. The third kappa shape index (κ3) is 3.35. The molecule has 2 unspecified atom stereocenters. The molecule has 3 nitrogen and oxygen atoms in total. The molecule has 19 heavy (non-hydrogen) atoms. The fourth-order valence-corrected chi connectivity index (χ4v) is 3.24. The SMILES string of the molecule is CC1CN(C(=O)c2cc(Cl)cc(Cl)c2I)CCC1O. The van der Waals surface area contributed by atoms with Crippen LogP contribution in [0.2, 0.25) is 10.0 Å². The van der Waals surface area contributed by atoms with Gasteiger partial charge in [-0.05, 0) is 47.1 Å². The Morgan fingerprint density at radius 3 is 2.79 bits per heavy atom. The van der Waals surface area contributed by atoms with Crippen molar-refractivity contribution in [2.45, 2.75) is 19.4 Å². The molecule has 2 rings (SSSR count). The maximum atomic E-state index is 12.5. The molecule has 1 aromatic rings. The van der Waals surface area contributed by atoms with Crippen LogP contribution in [0, 0.1) is 9.49 Å². The highest BCUT2D eigenvalue weighted by molar-refractivity contribution is 14.1. The van der Waals surface area contributed by atoms with Crippen molar-refractivity contribution >= 4 is 51.7 Å². The van der Waals surface area contributed by atoms with Crippen LogP contribution in [0.15, 0.2) is 12.1 Å². The van der Waals surface area contributed by atoms with E-state index in [1.165, 1.54) is 0 Å². The Morgan fingerprint density at radius 2 is 2.16 bits per heavy atom. The molecule has 1 N–H and O–H groups in total. The molecule has 0 radical (unpaired) electrons. The second-order valence-electron chi connectivity index (χ2n) is 4.83. The second-order valence-corrected chi connectivity index (χ2v) is 6.76. The summed E-state index contributed by atoms with van der Waals surface area (Å²) in [6.45, 7) is 3.06. The average molecular weight is 414 g/mol. The zero-order valence-corrected chi connectivity index (χ0v) is 14.0. The molecule has 0 aliphatic carbocycles. The van der Waals surface area contributed by atoms with Crippen molar-refractivity contribution < 1.29 is 9.90 Å². The van der Waals surface area contributed by atoms with Gasteiger partial charge in [0.1, 0.15) is 0 Å². The summed E-state index contributed by atoms with van der Waals surface area (Å²) in [6, 6.07) is 3.28. The number of nitrogens with zero attached hydrogens (tertiary/aromatic N) is 1. The predicted octanol–water partition coefficient (Wildman–Crippen LogP) is 3.44. The molecule has 0 aromatic heterocycles. The number of carbonyl (C=O) groups excluding carboxylic acids is 1. The third-order valence-electron chi connectivity index (χ3n) is 3.37. The van der Waals surface area contributed by atoms with Gasteiger partial charge in [0.05, 0.1) is 16.7 Å². The fraction of sp³-hybridized carbons (Fsp3) is 0.462. The Bertz CT molecular complexity index is 510. The van der Waals surface area contributed by atoms with Crippen LogP contribution in [0.4, 0.5) is 0 Å². The highest BCUT2D eigenvalue weighted by Crippen LogP contribution is 2.29. The summed E-state index contributed by atoms with van der Waals surface area (Å²) in [5, 5.41) is 10.7. The lowest BCUT2D eigenvalue weighted by Crippen LogP contribution is -2.45. The van der Waals surface area contributed by atoms with Gasteiger partial charge in [0.25, 0.3) is 5.91 Å². The first kappa shape index (κ1) is 15.4. The van der Waals surface area contributed by atoms with E-state index in [1.54, 1.807) is 17.0 Å².